The number of phenols is 1. The predicted octanol–water partition coefficient (Wildman–Crippen LogP) is 1.46. The van der Waals surface area contributed by atoms with Crippen molar-refractivity contribution in [2.45, 2.75) is 24.9 Å². The fraction of sp³-hybridized carbons (Fsp3) is 0.269. The third-order valence-electron chi connectivity index (χ3n) is 7.45. The van der Waals surface area contributed by atoms with Gasteiger partial charge in [0.15, 0.2) is 11.4 Å². The second-order valence-electron chi connectivity index (χ2n) is 9.84. The molecule has 2 aromatic carbocycles. The molecule has 5 rings (SSSR count). The molecule has 0 aromatic heterocycles. The number of nitrogens with one attached hydrogen (secondary N) is 1. The normalized spacial score (nSPS) is 25.0. The van der Waals surface area contributed by atoms with Crippen LogP contribution in [-0.4, -0.2) is 58.2 Å². The number of anilines is 1. The first-order chi connectivity index (χ1) is 17.7. The van der Waals surface area contributed by atoms with Gasteiger partial charge in [0, 0.05) is 23.6 Å². The number of primary amides is 1. The molecular formula is C26H24N2O9S. The first-order valence-corrected chi connectivity index (χ1v) is 13.5. The summed E-state index contributed by atoms with van der Waals surface area (Å²) >= 11 is 0. The zero-order valence-corrected chi connectivity index (χ0v) is 20.9. The van der Waals surface area contributed by atoms with Gasteiger partial charge in [-0.25, -0.2) is 8.42 Å². The number of Topliss-reactive ketones (excluding diaryl/α,β-unsaturated/α-hetero) is 2. The largest absolute Gasteiger partial charge is 0.508 e. The Morgan fingerprint density at radius 3 is 2.32 bits per heavy atom. The molecule has 3 aliphatic carbocycles. The number of hydrogen-bond donors (Lipinski definition) is 6. The molecule has 1 amide bonds. The van der Waals surface area contributed by atoms with Crippen LogP contribution in [0.3, 0.4) is 0 Å². The molecule has 3 aliphatic rings. The minimum atomic E-state index is -3.48. The van der Waals surface area contributed by atoms with Crippen LogP contribution in [0.25, 0.3) is 16.9 Å². The molecule has 3 atom stereocenters. The quantitative estimate of drug-likeness (QED) is 0.310. The van der Waals surface area contributed by atoms with Gasteiger partial charge in [-0.2, -0.15) is 0 Å². The van der Waals surface area contributed by atoms with E-state index in [1.807, 2.05) is 0 Å². The van der Waals surface area contributed by atoms with Crippen LogP contribution in [0.15, 0.2) is 53.3 Å². The minimum Gasteiger partial charge on any atom is -0.508 e. The highest BCUT2D eigenvalue weighted by molar-refractivity contribution is 7.92. The Kier molecular flexibility index (Phi) is 5.65. The van der Waals surface area contributed by atoms with Crippen molar-refractivity contribution in [3.05, 3.63) is 64.4 Å². The van der Waals surface area contributed by atoms with E-state index in [1.54, 1.807) is 30.3 Å². The van der Waals surface area contributed by atoms with Crippen molar-refractivity contribution in [1.82, 2.24) is 0 Å². The van der Waals surface area contributed by atoms with Crippen LogP contribution in [0.4, 0.5) is 5.69 Å². The summed E-state index contributed by atoms with van der Waals surface area (Å²) in [6.07, 6.45) is 0.807. The van der Waals surface area contributed by atoms with Crippen molar-refractivity contribution in [2.75, 3.05) is 11.0 Å². The van der Waals surface area contributed by atoms with Crippen LogP contribution < -0.4 is 10.5 Å². The summed E-state index contributed by atoms with van der Waals surface area (Å²) in [7, 11) is -3.48. The standard InChI is InChI=1S/C26H24N2O9S/c1-38(36,37)28-14-4-2-11(3-5-14)15-6-7-17(29)20-16(15)9-12-8-13-10-18(30)21(25(27)34)24(33)26(13,35)23(32)19(12)22(20)31/h2-7,12-13,28-29,31,33,35H,8-10H2,1H3,(H2,27,34)/t12-,13+,26+/m1/s1. The summed E-state index contributed by atoms with van der Waals surface area (Å²) in [6.45, 7) is 0. The zero-order valence-electron chi connectivity index (χ0n) is 20.1. The van der Waals surface area contributed by atoms with E-state index in [-0.39, 0.29) is 29.7 Å². The number of hydrogen-bond acceptors (Lipinski definition) is 9. The Morgan fingerprint density at radius 2 is 1.71 bits per heavy atom. The summed E-state index contributed by atoms with van der Waals surface area (Å²) in [4.78, 5) is 37.8. The Morgan fingerprint density at radius 1 is 1.05 bits per heavy atom. The second kappa shape index (κ2) is 8.43. The monoisotopic (exact) mass is 540 g/mol. The van der Waals surface area contributed by atoms with Crippen LogP contribution >= 0.6 is 0 Å². The SMILES string of the molecule is CS(=O)(=O)Nc1ccc(-c2ccc(O)c3c2C[C@H]2C[C@H]4CC(=O)C(C(N)=O)=C(O)[C@@]4(O)C(=O)C2=C3O)cc1. The van der Waals surface area contributed by atoms with Gasteiger partial charge in [-0.3, -0.25) is 19.1 Å². The molecule has 0 bridgehead atoms. The molecule has 2 aromatic rings. The number of aliphatic hydroxyl groups is 3. The molecule has 38 heavy (non-hydrogen) atoms. The number of amides is 1. The molecule has 0 aliphatic heterocycles. The van der Waals surface area contributed by atoms with Gasteiger partial charge in [0.25, 0.3) is 5.91 Å². The number of carbonyl (C=O) groups excluding carboxylic acids is 3. The number of ketones is 2. The zero-order chi connectivity index (χ0) is 27.7. The minimum absolute atomic E-state index is 0.0204. The summed E-state index contributed by atoms with van der Waals surface area (Å²) in [5.41, 5.74) is 3.61. The molecule has 198 valence electrons. The lowest BCUT2D eigenvalue weighted by Gasteiger charge is -2.46. The van der Waals surface area contributed by atoms with Gasteiger partial charge in [0.2, 0.25) is 15.8 Å². The second-order valence-corrected chi connectivity index (χ2v) is 11.6. The molecule has 0 spiro atoms. The highest BCUT2D eigenvalue weighted by Crippen LogP contribution is 2.53. The van der Waals surface area contributed by atoms with E-state index < -0.39 is 68.4 Å². The van der Waals surface area contributed by atoms with E-state index >= 15 is 0 Å². The van der Waals surface area contributed by atoms with E-state index in [2.05, 4.69) is 4.72 Å². The third kappa shape index (κ3) is 3.75. The van der Waals surface area contributed by atoms with E-state index in [9.17, 15) is 43.2 Å². The summed E-state index contributed by atoms with van der Waals surface area (Å²) in [5, 5.41) is 43.8. The number of aliphatic hydroxyl groups excluding tert-OH is 2. The summed E-state index contributed by atoms with van der Waals surface area (Å²) < 4.78 is 25.4. The van der Waals surface area contributed by atoms with Gasteiger partial charge < -0.3 is 26.2 Å². The average Bonchev–Trinajstić information content (AvgIpc) is 2.81. The fourth-order valence-electron chi connectivity index (χ4n) is 5.82. The van der Waals surface area contributed by atoms with Gasteiger partial charge in [0.1, 0.15) is 22.8 Å². The van der Waals surface area contributed by atoms with Crippen LogP contribution in [0.2, 0.25) is 0 Å². The number of phenolic OH excluding ortho intramolecular Hbond substituents is 1. The number of rotatable bonds is 4. The molecule has 0 saturated heterocycles. The fourth-order valence-corrected chi connectivity index (χ4v) is 6.39. The van der Waals surface area contributed by atoms with E-state index in [0.29, 0.717) is 22.4 Å². The number of sulfonamides is 1. The molecule has 0 heterocycles. The molecular weight excluding hydrogens is 516 g/mol. The molecule has 7 N–H and O–H groups in total. The molecule has 0 unspecified atom stereocenters. The molecule has 12 heteroatoms. The van der Waals surface area contributed by atoms with Gasteiger partial charge >= 0.3 is 0 Å². The lowest BCUT2D eigenvalue weighted by molar-refractivity contribution is -0.147. The van der Waals surface area contributed by atoms with Gasteiger partial charge in [-0.15, -0.1) is 0 Å². The van der Waals surface area contributed by atoms with Crippen molar-refractivity contribution < 1.29 is 43.2 Å². The van der Waals surface area contributed by atoms with Crippen LogP contribution in [0.5, 0.6) is 5.75 Å². The lowest BCUT2D eigenvalue weighted by atomic mass is 9.59. The highest BCUT2D eigenvalue weighted by atomic mass is 32.2. The van der Waals surface area contributed by atoms with Crippen molar-refractivity contribution in [3.63, 3.8) is 0 Å². The lowest BCUT2D eigenvalue weighted by Crippen LogP contribution is -2.58. The molecule has 1 saturated carbocycles. The molecule has 11 nitrogen and oxygen atoms in total. The number of fused-ring (bicyclic) bond motifs is 3. The van der Waals surface area contributed by atoms with Crippen molar-refractivity contribution in [1.29, 1.82) is 0 Å². The van der Waals surface area contributed by atoms with Gasteiger partial charge in [-0.05, 0) is 53.6 Å². The Balaban J connectivity index is 1.63. The van der Waals surface area contributed by atoms with E-state index in [1.165, 1.54) is 6.07 Å². The van der Waals surface area contributed by atoms with Crippen molar-refractivity contribution >= 4 is 38.9 Å². The Labute approximate surface area is 217 Å². The van der Waals surface area contributed by atoms with Crippen LogP contribution in [0.1, 0.15) is 24.0 Å². The average molecular weight is 541 g/mol. The summed E-state index contributed by atoms with van der Waals surface area (Å²) in [6, 6.07) is 9.40. The van der Waals surface area contributed by atoms with Crippen LogP contribution in [-0.2, 0) is 30.8 Å². The van der Waals surface area contributed by atoms with Gasteiger partial charge in [-0.1, -0.05) is 18.2 Å². The smallest absolute Gasteiger partial charge is 0.255 e. The highest BCUT2D eigenvalue weighted by Gasteiger charge is 2.60. The number of nitrogens with two attached hydrogens (primary N) is 1. The maximum atomic E-state index is 13.6. The van der Waals surface area contributed by atoms with Gasteiger partial charge in [0.05, 0.1) is 11.8 Å². The maximum absolute atomic E-state index is 13.6. The topological polar surface area (TPSA) is 204 Å². The molecule has 0 radical (unpaired) electrons. The first kappa shape index (κ1) is 25.5. The summed E-state index contributed by atoms with van der Waals surface area (Å²) in [5.74, 6) is -6.87. The number of aromatic hydroxyl groups is 1. The maximum Gasteiger partial charge on any atom is 0.255 e. The van der Waals surface area contributed by atoms with Crippen molar-refractivity contribution in [2.24, 2.45) is 17.6 Å². The third-order valence-corrected chi connectivity index (χ3v) is 8.05. The van der Waals surface area contributed by atoms with Crippen molar-refractivity contribution in [3.8, 4) is 16.9 Å². The van der Waals surface area contributed by atoms with E-state index in [4.69, 9.17) is 5.73 Å². The number of carbonyl (C=O) groups is 3. The Bertz CT molecular complexity index is 1610. The first-order valence-electron chi connectivity index (χ1n) is 11.6. The predicted molar refractivity (Wildman–Crippen MR) is 135 cm³/mol. The van der Waals surface area contributed by atoms with Crippen LogP contribution in [0, 0.1) is 11.8 Å². The van der Waals surface area contributed by atoms with E-state index in [0.717, 1.165) is 6.26 Å². The Hall–Kier alpha value is -4.16. The molecule has 1 fully saturated rings. The number of benzene rings is 2.